The molecule has 168 valence electrons. The zero-order valence-electron chi connectivity index (χ0n) is 19.7. The molecule has 35 heavy (non-hydrogen) atoms. The monoisotopic (exact) mass is 452 g/mol. The topological polar surface area (TPSA) is 33.2 Å². The minimum Gasteiger partial charge on any atom is -0.294 e. The Kier molecular flexibility index (Phi) is 4.25. The van der Waals surface area contributed by atoms with Gasteiger partial charge in [0.05, 0.1) is 11.4 Å². The summed E-state index contributed by atoms with van der Waals surface area (Å²) in [6.45, 7) is 4.56. The lowest BCUT2D eigenvalue weighted by Gasteiger charge is -2.38. The van der Waals surface area contributed by atoms with Gasteiger partial charge in [-0.05, 0) is 58.0 Å². The van der Waals surface area contributed by atoms with Gasteiger partial charge in [-0.15, -0.1) is 0 Å². The first-order valence-corrected chi connectivity index (χ1v) is 12.2. The molecule has 3 aromatic rings. The fourth-order valence-electron chi connectivity index (χ4n) is 6.02. The molecule has 0 saturated heterocycles. The number of ketones is 1. The van der Waals surface area contributed by atoms with Crippen molar-refractivity contribution in [3.05, 3.63) is 119 Å². The fraction of sp³-hybridized carbons (Fsp3) is 0.125. The second kappa shape index (κ2) is 7.38. The Morgan fingerprint density at radius 2 is 1.37 bits per heavy atom. The number of fused-ring (bicyclic) bond motifs is 7. The number of para-hydroxylation sites is 2. The van der Waals surface area contributed by atoms with Crippen molar-refractivity contribution in [2.45, 2.75) is 19.8 Å². The molecule has 4 aliphatic rings. The first-order chi connectivity index (χ1) is 17.1. The predicted molar refractivity (Wildman–Crippen MR) is 141 cm³/mol. The van der Waals surface area contributed by atoms with Crippen LogP contribution in [0.5, 0.6) is 0 Å². The number of anilines is 3. The molecule has 0 amide bonds. The molecule has 2 heterocycles. The van der Waals surface area contributed by atoms with E-state index in [0.717, 1.165) is 50.6 Å². The molecule has 0 spiro atoms. The van der Waals surface area contributed by atoms with Crippen LogP contribution in [-0.2, 0) is 0 Å². The quantitative estimate of drug-likeness (QED) is 0.267. The van der Waals surface area contributed by atoms with E-state index in [2.05, 4.69) is 79.4 Å². The van der Waals surface area contributed by atoms with Gasteiger partial charge in [0.15, 0.2) is 5.78 Å². The summed E-state index contributed by atoms with van der Waals surface area (Å²) in [4.78, 5) is 20.8. The highest BCUT2D eigenvalue weighted by atomic mass is 16.1. The van der Waals surface area contributed by atoms with E-state index < -0.39 is 0 Å². The standard InChI is InChI=1S/C32H24N2O/c1-19(2)30-22-12-6-8-14-27(22)34(28-15-9-7-13-23(28)30)29-17-25-26(18-33-29)24-16-20-10-4-3-5-11-21(20)31(24)32(25)35/h3-19,30H,1-2H3. The smallest absolute Gasteiger partial charge is 0.195 e. The molecule has 0 radical (unpaired) electrons. The molecular weight excluding hydrogens is 428 g/mol. The average Bonchev–Trinajstić information content (AvgIpc) is 3.25. The van der Waals surface area contributed by atoms with Crippen molar-refractivity contribution in [1.82, 2.24) is 4.98 Å². The highest BCUT2D eigenvalue weighted by Gasteiger charge is 2.36. The number of rotatable bonds is 2. The van der Waals surface area contributed by atoms with E-state index >= 15 is 0 Å². The number of hydrogen-bond donors (Lipinski definition) is 0. The van der Waals surface area contributed by atoms with E-state index in [4.69, 9.17) is 4.98 Å². The number of hydrogen-bond acceptors (Lipinski definition) is 3. The molecule has 0 atom stereocenters. The second-order valence-corrected chi connectivity index (χ2v) is 9.80. The Balaban J connectivity index is 1.42. The summed E-state index contributed by atoms with van der Waals surface area (Å²) in [5.74, 6) is 1.63. The van der Waals surface area contributed by atoms with Gasteiger partial charge in [0.25, 0.3) is 0 Å². The van der Waals surface area contributed by atoms with Crippen molar-refractivity contribution in [3.63, 3.8) is 0 Å². The summed E-state index contributed by atoms with van der Waals surface area (Å²) < 4.78 is 0. The highest BCUT2D eigenvalue weighted by Crippen LogP contribution is 2.52. The van der Waals surface area contributed by atoms with Crippen LogP contribution >= 0.6 is 0 Å². The lowest BCUT2D eigenvalue weighted by molar-refractivity contribution is 0.104. The lowest BCUT2D eigenvalue weighted by atomic mass is 9.78. The number of carbonyl (C=O) groups is 1. The molecule has 0 saturated carbocycles. The first-order valence-electron chi connectivity index (χ1n) is 12.2. The van der Waals surface area contributed by atoms with Gasteiger partial charge in [0, 0.05) is 28.8 Å². The molecule has 0 bridgehead atoms. The van der Waals surface area contributed by atoms with Crippen LogP contribution in [0.15, 0.2) is 97.2 Å². The van der Waals surface area contributed by atoms with Gasteiger partial charge in [-0.1, -0.05) is 80.6 Å². The van der Waals surface area contributed by atoms with Crippen molar-refractivity contribution in [2.24, 2.45) is 5.92 Å². The number of carbonyl (C=O) groups excluding carboxylic acids is 1. The Hall–Kier alpha value is -4.24. The van der Waals surface area contributed by atoms with E-state index in [1.807, 2.05) is 36.5 Å². The lowest BCUT2D eigenvalue weighted by Crippen LogP contribution is -2.24. The molecule has 7 rings (SSSR count). The van der Waals surface area contributed by atoms with Gasteiger partial charge in [-0.2, -0.15) is 0 Å². The van der Waals surface area contributed by atoms with Crippen LogP contribution in [0, 0.1) is 5.92 Å². The maximum Gasteiger partial charge on any atom is 0.195 e. The molecule has 2 aromatic carbocycles. The molecule has 3 aliphatic carbocycles. The zero-order chi connectivity index (χ0) is 23.7. The zero-order valence-corrected chi connectivity index (χ0v) is 19.7. The largest absolute Gasteiger partial charge is 0.294 e. The SMILES string of the molecule is CC(C)C1c2ccccc2N(c2cc3c(cn2)-c2cc4cccccc-4c2C3=O)c2ccccc21. The summed E-state index contributed by atoms with van der Waals surface area (Å²) in [6, 6.07) is 31.4. The summed E-state index contributed by atoms with van der Waals surface area (Å²) in [6.07, 6.45) is 1.88. The Morgan fingerprint density at radius 3 is 2.09 bits per heavy atom. The van der Waals surface area contributed by atoms with Gasteiger partial charge in [0.2, 0.25) is 0 Å². The average molecular weight is 453 g/mol. The van der Waals surface area contributed by atoms with Crippen molar-refractivity contribution < 1.29 is 4.79 Å². The van der Waals surface area contributed by atoms with E-state index in [9.17, 15) is 4.79 Å². The molecule has 1 aromatic heterocycles. The molecule has 0 fully saturated rings. The van der Waals surface area contributed by atoms with Gasteiger partial charge < -0.3 is 0 Å². The van der Waals surface area contributed by atoms with E-state index in [-0.39, 0.29) is 5.78 Å². The second-order valence-electron chi connectivity index (χ2n) is 9.80. The Morgan fingerprint density at radius 1 is 0.714 bits per heavy atom. The van der Waals surface area contributed by atoms with Crippen molar-refractivity contribution in [2.75, 3.05) is 4.90 Å². The summed E-state index contributed by atoms with van der Waals surface area (Å²) >= 11 is 0. The van der Waals surface area contributed by atoms with Crippen LogP contribution < -0.4 is 4.90 Å². The van der Waals surface area contributed by atoms with Crippen molar-refractivity contribution >= 4 is 23.0 Å². The van der Waals surface area contributed by atoms with Crippen LogP contribution in [0.25, 0.3) is 22.3 Å². The fourth-order valence-corrected chi connectivity index (χ4v) is 6.02. The summed E-state index contributed by atoms with van der Waals surface area (Å²) in [5, 5.41) is 0. The summed E-state index contributed by atoms with van der Waals surface area (Å²) in [5.41, 5.74) is 10.4. The molecule has 3 heteroatoms. The van der Waals surface area contributed by atoms with Crippen molar-refractivity contribution in [1.29, 1.82) is 0 Å². The highest BCUT2D eigenvalue weighted by molar-refractivity contribution is 6.26. The van der Waals surface area contributed by atoms with Gasteiger partial charge in [0.1, 0.15) is 5.82 Å². The van der Waals surface area contributed by atoms with Crippen LogP contribution in [0.1, 0.15) is 46.8 Å². The van der Waals surface area contributed by atoms with E-state index in [1.165, 1.54) is 11.1 Å². The van der Waals surface area contributed by atoms with Crippen LogP contribution in [0.2, 0.25) is 0 Å². The van der Waals surface area contributed by atoms with Crippen LogP contribution in [0.3, 0.4) is 0 Å². The van der Waals surface area contributed by atoms with Crippen LogP contribution in [0.4, 0.5) is 17.2 Å². The Labute approximate surface area is 205 Å². The van der Waals surface area contributed by atoms with E-state index in [0.29, 0.717) is 11.8 Å². The van der Waals surface area contributed by atoms with Gasteiger partial charge >= 0.3 is 0 Å². The van der Waals surface area contributed by atoms with E-state index in [1.54, 1.807) is 0 Å². The van der Waals surface area contributed by atoms with Crippen molar-refractivity contribution in [3.8, 4) is 22.3 Å². The summed E-state index contributed by atoms with van der Waals surface area (Å²) in [7, 11) is 0. The third-order valence-electron chi connectivity index (χ3n) is 7.48. The maximum absolute atomic E-state index is 13.7. The third kappa shape index (κ3) is 2.78. The minimum absolute atomic E-state index is 0.0819. The minimum atomic E-state index is 0.0819. The molecule has 0 N–H and O–H groups in total. The first kappa shape index (κ1) is 20.2. The maximum atomic E-state index is 13.7. The van der Waals surface area contributed by atoms with Gasteiger partial charge in [-0.3, -0.25) is 9.69 Å². The number of pyridine rings is 1. The molecular formula is C32H24N2O. The molecule has 0 unspecified atom stereocenters. The third-order valence-corrected chi connectivity index (χ3v) is 7.48. The normalized spacial score (nSPS) is 14.1. The number of nitrogens with zero attached hydrogens (tertiary/aromatic N) is 2. The number of benzene rings is 2. The molecule has 3 nitrogen and oxygen atoms in total. The Bertz CT molecular complexity index is 1570. The molecule has 1 aliphatic heterocycles. The predicted octanol–water partition coefficient (Wildman–Crippen LogP) is 7.97. The number of aromatic nitrogens is 1. The van der Waals surface area contributed by atoms with Gasteiger partial charge in [-0.25, -0.2) is 4.98 Å². The van der Waals surface area contributed by atoms with Crippen LogP contribution in [-0.4, -0.2) is 10.8 Å².